The van der Waals surface area contributed by atoms with Gasteiger partial charge in [0.05, 0.1) is 17.4 Å². The minimum atomic E-state index is 0.388. The molecule has 0 saturated heterocycles. The van der Waals surface area contributed by atoms with Gasteiger partial charge in [-0.1, -0.05) is 11.6 Å². The first kappa shape index (κ1) is 11.2. The van der Waals surface area contributed by atoms with Gasteiger partial charge < -0.3 is 11.1 Å². The molecule has 2 aromatic rings. The molecule has 0 unspecified atom stereocenters. The zero-order chi connectivity index (χ0) is 11.5. The Hall–Kier alpha value is -1.33. The number of halogens is 2. The van der Waals surface area contributed by atoms with E-state index < -0.39 is 0 Å². The lowest BCUT2D eigenvalue weighted by atomic mass is 10.3. The first-order valence-electron chi connectivity index (χ1n) is 4.45. The second-order valence-electron chi connectivity index (χ2n) is 3.08. The minimum Gasteiger partial charge on any atom is -0.382 e. The van der Waals surface area contributed by atoms with Crippen LogP contribution < -0.4 is 11.1 Å². The fourth-order valence-electron chi connectivity index (χ4n) is 1.12. The van der Waals surface area contributed by atoms with Crippen LogP contribution in [0.1, 0.15) is 0 Å². The molecule has 0 amide bonds. The number of rotatable bonds is 2. The Labute approximate surface area is 106 Å². The van der Waals surface area contributed by atoms with Crippen LogP contribution in [0.3, 0.4) is 0 Å². The van der Waals surface area contributed by atoms with Crippen molar-refractivity contribution in [1.82, 2.24) is 9.97 Å². The summed E-state index contributed by atoms with van der Waals surface area (Å²) in [6, 6.07) is 5.53. The van der Waals surface area contributed by atoms with E-state index in [4.69, 9.17) is 17.3 Å². The molecule has 0 bridgehead atoms. The minimum absolute atomic E-state index is 0.388. The average Bonchev–Trinajstić information content (AvgIpc) is 2.27. The van der Waals surface area contributed by atoms with Crippen molar-refractivity contribution in [3.8, 4) is 0 Å². The van der Waals surface area contributed by atoms with Gasteiger partial charge in [-0.25, -0.2) is 9.97 Å². The van der Waals surface area contributed by atoms with Gasteiger partial charge in [0.15, 0.2) is 0 Å². The van der Waals surface area contributed by atoms with Gasteiger partial charge in [-0.15, -0.1) is 0 Å². The Balaban J connectivity index is 2.20. The smallest absolute Gasteiger partial charge is 0.149 e. The summed E-state index contributed by atoms with van der Waals surface area (Å²) in [4.78, 5) is 8.00. The number of benzene rings is 1. The Kier molecular flexibility index (Phi) is 3.26. The average molecular weight is 300 g/mol. The molecule has 1 aromatic heterocycles. The number of nitrogens with one attached hydrogen (secondary N) is 1. The highest BCUT2D eigenvalue weighted by Crippen LogP contribution is 2.26. The van der Waals surface area contributed by atoms with E-state index in [1.807, 2.05) is 12.1 Å². The third-order valence-corrected chi connectivity index (χ3v) is 3.10. The first-order chi connectivity index (χ1) is 7.65. The largest absolute Gasteiger partial charge is 0.382 e. The second-order valence-corrected chi connectivity index (χ2v) is 4.34. The Bertz CT molecular complexity index is 501. The van der Waals surface area contributed by atoms with Crippen LogP contribution in [0.4, 0.5) is 17.3 Å². The second kappa shape index (κ2) is 4.67. The lowest BCUT2D eigenvalue weighted by Gasteiger charge is -2.06. The number of anilines is 3. The Morgan fingerprint density at radius 1 is 1.25 bits per heavy atom. The van der Waals surface area contributed by atoms with Crippen molar-refractivity contribution in [2.45, 2.75) is 0 Å². The van der Waals surface area contributed by atoms with E-state index in [0.717, 1.165) is 10.2 Å². The van der Waals surface area contributed by atoms with Gasteiger partial charge in [-0.05, 0) is 34.1 Å². The fraction of sp³-hybridized carbons (Fsp3) is 0. The van der Waals surface area contributed by atoms with Gasteiger partial charge in [0.25, 0.3) is 0 Å². The molecule has 6 heteroatoms. The summed E-state index contributed by atoms with van der Waals surface area (Å²) in [6.45, 7) is 0. The zero-order valence-corrected chi connectivity index (χ0v) is 10.5. The Morgan fingerprint density at radius 3 is 2.69 bits per heavy atom. The van der Waals surface area contributed by atoms with E-state index in [1.54, 1.807) is 12.3 Å². The highest BCUT2D eigenvalue weighted by molar-refractivity contribution is 9.10. The predicted molar refractivity (Wildman–Crippen MR) is 68.9 cm³/mol. The van der Waals surface area contributed by atoms with E-state index in [9.17, 15) is 0 Å². The maximum absolute atomic E-state index is 5.96. The molecule has 4 nitrogen and oxygen atoms in total. The SMILES string of the molecule is Nc1cnc(Nc2ccc(Br)c(Cl)c2)cn1. The van der Waals surface area contributed by atoms with Crippen LogP contribution in [0.25, 0.3) is 0 Å². The van der Waals surface area contributed by atoms with Gasteiger partial charge in [0, 0.05) is 10.2 Å². The molecule has 0 aliphatic heterocycles. The monoisotopic (exact) mass is 298 g/mol. The number of hydrogen-bond acceptors (Lipinski definition) is 4. The van der Waals surface area contributed by atoms with Crippen LogP contribution in [0, 0.1) is 0 Å². The number of nitrogens with two attached hydrogens (primary N) is 1. The van der Waals surface area contributed by atoms with E-state index >= 15 is 0 Å². The predicted octanol–water partition coefficient (Wildman–Crippen LogP) is 3.22. The molecule has 16 heavy (non-hydrogen) atoms. The molecule has 2 rings (SSSR count). The maximum atomic E-state index is 5.96. The van der Waals surface area contributed by atoms with Crippen LogP contribution in [-0.2, 0) is 0 Å². The lowest BCUT2D eigenvalue weighted by molar-refractivity contribution is 1.21. The van der Waals surface area contributed by atoms with E-state index in [0.29, 0.717) is 16.7 Å². The lowest BCUT2D eigenvalue weighted by Crippen LogP contribution is -1.97. The zero-order valence-electron chi connectivity index (χ0n) is 8.11. The molecule has 0 radical (unpaired) electrons. The van der Waals surface area contributed by atoms with Gasteiger partial charge in [0.1, 0.15) is 11.6 Å². The molecular weight excluding hydrogens is 291 g/mol. The van der Waals surface area contributed by atoms with Crippen molar-refractivity contribution >= 4 is 44.9 Å². The molecule has 3 N–H and O–H groups in total. The van der Waals surface area contributed by atoms with Crippen molar-refractivity contribution in [3.63, 3.8) is 0 Å². The molecule has 0 saturated carbocycles. The number of aromatic nitrogens is 2. The summed E-state index contributed by atoms with van der Waals surface area (Å²) in [5.74, 6) is 1.01. The summed E-state index contributed by atoms with van der Waals surface area (Å²) in [5.41, 5.74) is 6.28. The number of hydrogen-bond donors (Lipinski definition) is 2. The van der Waals surface area contributed by atoms with Crippen LogP contribution in [0.2, 0.25) is 5.02 Å². The Morgan fingerprint density at radius 2 is 2.06 bits per heavy atom. The molecule has 1 aromatic carbocycles. The van der Waals surface area contributed by atoms with E-state index in [-0.39, 0.29) is 0 Å². The highest BCUT2D eigenvalue weighted by Gasteiger charge is 2.00. The molecular formula is C10H8BrClN4. The van der Waals surface area contributed by atoms with Gasteiger partial charge in [-0.2, -0.15) is 0 Å². The molecule has 82 valence electrons. The number of nitrogens with zero attached hydrogens (tertiary/aromatic N) is 2. The first-order valence-corrected chi connectivity index (χ1v) is 5.62. The molecule has 0 atom stereocenters. The van der Waals surface area contributed by atoms with Gasteiger partial charge in [0.2, 0.25) is 0 Å². The van der Waals surface area contributed by atoms with Crippen molar-refractivity contribution in [1.29, 1.82) is 0 Å². The van der Waals surface area contributed by atoms with Gasteiger partial charge >= 0.3 is 0 Å². The third-order valence-electron chi connectivity index (χ3n) is 1.86. The topological polar surface area (TPSA) is 63.8 Å². The van der Waals surface area contributed by atoms with Gasteiger partial charge in [-0.3, -0.25) is 0 Å². The van der Waals surface area contributed by atoms with E-state index in [1.165, 1.54) is 6.20 Å². The summed E-state index contributed by atoms with van der Waals surface area (Å²) in [7, 11) is 0. The molecule has 0 fully saturated rings. The highest BCUT2D eigenvalue weighted by atomic mass is 79.9. The van der Waals surface area contributed by atoms with Crippen molar-refractivity contribution in [2.75, 3.05) is 11.1 Å². The van der Waals surface area contributed by atoms with Crippen LogP contribution in [0.15, 0.2) is 35.1 Å². The van der Waals surface area contributed by atoms with Crippen molar-refractivity contribution < 1.29 is 0 Å². The number of nitrogen functional groups attached to an aromatic ring is 1. The summed E-state index contributed by atoms with van der Waals surface area (Å²) >= 11 is 9.28. The summed E-state index contributed by atoms with van der Waals surface area (Å²) < 4.78 is 0.850. The van der Waals surface area contributed by atoms with Crippen LogP contribution in [-0.4, -0.2) is 9.97 Å². The maximum Gasteiger partial charge on any atom is 0.149 e. The van der Waals surface area contributed by atoms with Crippen molar-refractivity contribution in [3.05, 3.63) is 40.1 Å². The molecule has 1 heterocycles. The standard InChI is InChI=1S/C10H8BrClN4/c11-7-2-1-6(3-8(7)12)16-10-5-14-9(13)4-15-10/h1-5H,(H2,13,14)(H,15,16). The van der Waals surface area contributed by atoms with Crippen LogP contribution in [0.5, 0.6) is 0 Å². The quantitative estimate of drug-likeness (QED) is 0.893. The van der Waals surface area contributed by atoms with E-state index in [2.05, 4.69) is 31.2 Å². The summed E-state index contributed by atoms with van der Waals surface area (Å²) in [5, 5.41) is 3.70. The third kappa shape index (κ3) is 2.62. The van der Waals surface area contributed by atoms with Crippen LogP contribution >= 0.6 is 27.5 Å². The normalized spacial score (nSPS) is 10.1. The molecule has 0 aliphatic carbocycles. The molecule has 0 aliphatic rings. The summed E-state index contributed by atoms with van der Waals surface area (Å²) in [6.07, 6.45) is 3.05. The fourth-order valence-corrected chi connectivity index (χ4v) is 1.55. The molecule has 0 spiro atoms. The van der Waals surface area contributed by atoms with Crippen molar-refractivity contribution in [2.24, 2.45) is 0 Å².